The van der Waals surface area contributed by atoms with E-state index in [1.807, 2.05) is 103 Å². The lowest BCUT2D eigenvalue weighted by Gasteiger charge is -2.35. The summed E-state index contributed by atoms with van der Waals surface area (Å²) in [6, 6.07) is 13.4. The molecule has 2 heterocycles. The van der Waals surface area contributed by atoms with Crippen molar-refractivity contribution in [2.45, 2.75) is 129 Å². The number of Topliss-reactive ketones (excluding diaryl/α,β-unsaturated/α-hetero) is 1. The van der Waals surface area contributed by atoms with Gasteiger partial charge in [-0.05, 0) is 80.8 Å². The van der Waals surface area contributed by atoms with Crippen molar-refractivity contribution in [2.24, 2.45) is 10.6 Å². The zero-order chi connectivity index (χ0) is 38.6. The first-order valence-electron chi connectivity index (χ1n) is 18.4. The second-order valence-electron chi connectivity index (χ2n) is 16.4. The molecule has 4 atom stereocenters. The summed E-state index contributed by atoms with van der Waals surface area (Å²) in [5.41, 5.74) is 0.0151. The molecule has 0 bridgehead atoms. The average Bonchev–Trinajstić information content (AvgIpc) is 3.69. The fraction of sp³-hybridized carbons (Fsp3) is 0.550. The maximum atomic E-state index is 14.6. The van der Waals surface area contributed by atoms with Crippen LogP contribution in [0.2, 0.25) is 0 Å². The number of hydrogen-bond acceptors (Lipinski definition) is 9. The van der Waals surface area contributed by atoms with Gasteiger partial charge in [0.25, 0.3) is 5.91 Å². The number of ketones is 1. The average molecular weight is 732 g/mol. The van der Waals surface area contributed by atoms with Crippen molar-refractivity contribution in [2.75, 3.05) is 6.54 Å². The molecule has 2 aromatic rings. The molecule has 4 amide bonds. The number of ether oxygens (including phenoxy) is 2. The number of hydrogen-bond donors (Lipinski definition) is 3. The molecule has 3 aliphatic rings. The molecule has 286 valence electrons. The van der Waals surface area contributed by atoms with Crippen LogP contribution in [0.3, 0.4) is 0 Å². The molecule has 1 saturated heterocycles. The first-order valence-corrected chi connectivity index (χ1v) is 18.4. The first kappa shape index (κ1) is 39.3. The van der Waals surface area contributed by atoms with E-state index >= 15 is 0 Å². The van der Waals surface area contributed by atoms with Crippen molar-refractivity contribution >= 4 is 35.3 Å². The second-order valence-corrected chi connectivity index (χ2v) is 16.4. The Kier molecular flexibility index (Phi) is 11.8. The number of amides is 4. The van der Waals surface area contributed by atoms with Gasteiger partial charge in [-0.1, -0.05) is 69.6 Å². The highest BCUT2D eigenvalue weighted by atomic mass is 16.7. The molecule has 13 nitrogen and oxygen atoms in total. The summed E-state index contributed by atoms with van der Waals surface area (Å²) >= 11 is 0. The van der Waals surface area contributed by atoms with Crippen LogP contribution in [0.25, 0.3) is 0 Å². The molecule has 0 unspecified atom stereocenters. The summed E-state index contributed by atoms with van der Waals surface area (Å²) in [7, 11) is 0. The van der Waals surface area contributed by atoms with Crippen LogP contribution in [-0.4, -0.2) is 82.1 Å². The van der Waals surface area contributed by atoms with Crippen molar-refractivity contribution < 1.29 is 38.3 Å². The first-order chi connectivity index (χ1) is 25.0. The third kappa shape index (κ3) is 10.4. The van der Waals surface area contributed by atoms with Gasteiger partial charge in [-0.3, -0.25) is 19.2 Å². The van der Waals surface area contributed by atoms with E-state index in [0.717, 1.165) is 24.0 Å². The Bertz CT molecular complexity index is 1690. The number of rotatable bonds is 13. The number of nitrogens with one attached hydrogen (secondary N) is 3. The van der Waals surface area contributed by atoms with Crippen molar-refractivity contribution in [3.05, 3.63) is 65.7 Å². The summed E-state index contributed by atoms with van der Waals surface area (Å²) < 4.78 is 11.4. The van der Waals surface area contributed by atoms with E-state index in [1.165, 1.54) is 4.90 Å². The summed E-state index contributed by atoms with van der Waals surface area (Å²) in [6.45, 7) is 13.2. The second kappa shape index (κ2) is 16.0. The highest BCUT2D eigenvalue weighted by molar-refractivity contribution is 6.38. The molecular weight excluding hydrogens is 678 g/mol. The van der Waals surface area contributed by atoms with Crippen LogP contribution in [0.15, 0.2) is 59.8 Å². The van der Waals surface area contributed by atoms with Crippen LogP contribution >= 0.6 is 0 Å². The minimum atomic E-state index is -1.09. The Morgan fingerprint density at radius 3 is 2.25 bits per heavy atom. The van der Waals surface area contributed by atoms with E-state index in [0.29, 0.717) is 24.3 Å². The molecule has 1 aliphatic carbocycles. The smallest absolute Gasteiger partial charge is 0.408 e. The third-order valence-electron chi connectivity index (χ3n) is 9.37. The molecule has 2 fully saturated rings. The van der Waals surface area contributed by atoms with Crippen molar-refractivity contribution in [3.8, 4) is 5.75 Å². The zero-order valence-electron chi connectivity index (χ0n) is 31.8. The van der Waals surface area contributed by atoms with Gasteiger partial charge in [0.1, 0.15) is 30.0 Å². The van der Waals surface area contributed by atoms with Crippen LogP contribution in [0.4, 0.5) is 4.79 Å². The van der Waals surface area contributed by atoms with E-state index in [9.17, 15) is 24.0 Å². The number of benzene rings is 2. The van der Waals surface area contributed by atoms with Gasteiger partial charge in [-0.25, -0.2) is 4.79 Å². The Morgan fingerprint density at radius 1 is 0.962 bits per heavy atom. The molecule has 1 spiro atoms. The lowest BCUT2D eigenvalue weighted by atomic mass is 9.85. The van der Waals surface area contributed by atoms with Gasteiger partial charge in [0.2, 0.25) is 17.6 Å². The van der Waals surface area contributed by atoms with Gasteiger partial charge >= 0.3 is 6.09 Å². The number of nitrogens with zero attached hydrogens (tertiary/aromatic N) is 2. The lowest BCUT2D eigenvalue weighted by molar-refractivity contribution is -0.144. The molecule has 2 aliphatic heterocycles. The van der Waals surface area contributed by atoms with E-state index < -0.39 is 58.7 Å². The molecule has 1 saturated carbocycles. The van der Waals surface area contributed by atoms with Gasteiger partial charge in [-0.15, -0.1) is 0 Å². The lowest BCUT2D eigenvalue weighted by Crippen LogP contribution is -2.59. The summed E-state index contributed by atoms with van der Waals surface area (Å²) in [5, 5.41) is 12.7. The summed E-state index contributed by atoms with van der Waals surface area (Å²) in [5.74, 6) is -1.87. The Labute approximate surface area is 311 Å². The highest BCUT2D eigenvalue weighted by Crippen LogP contribution is 2.40. The predicted molar refractivity (Wildman–Crippen MR) is 198 cm³/mol. The highest BCUT2D eigenvalue weighted by Gasteiger charge is 2.55. The maximum Gasteiger partial charge on any atom is 0.408 e. The van der Waals surface area contributed by atoms with E-state index in [1.54, 1.807) is 0 Å². The van der Waals surface area contributed by atoms with Gasteiger partial charge in [-0.2, -0.15) is 0 Å². The van der Waals surface area contributed by atoms with Gasteiger partial charge in [0.05, 0.1) is 18.3 Å². The molecular formula is C40H53N5O8. The molecule has 5 rings (SSSR count). The molecule has 2 aromatic carbocycles. The minimum Gasteiger partial charge on any atom is -0.488 e. The fourth-order valence-corrected chi connectivity index (χ4v) is 6.52. The largest absolute Gasteiger partial charge is 0.488 e. The topological polar surface area (TPSA) is 165 Å². The number of alkyl carbamates (subject to hydrolysis) is 1. The summed E-state index contributed by atoms with van der Waals surface area (Å²) in [6.07, 6.45) is 1.99. The van der Waals surface area contributed by atoms with Gasteiger partial charge < -0.3 is 35.2 Å². The van der Waals surface area contributed by atoms with Gasteiger partial charge in [0, 0.05) is 18.9 Å². The number of oxime groups is 1. The summed E-state index contributed by atoms with van der Waals surface area (Å²) in [4.78, 5) is 75.3. The Morgan fingerprint density at radius 2 is 1.64 bits per heavy atom. The Hall–Kier alpha value is -4.94. The molecule has 13 heteroatoms. The Balaban J connectivity index is 1.37. The van der Waals surface area contributed by atoms with Crippen LogP contribution in [0, 0.1) is 5.41 Å². The molecule has 0 aromatic heterocycles. The van der Waals surface area contributed by atoms with Crippen LogP contribution in [0.5, 0.6) is 5.75 Å². The van der Waals surface area contributed by atoms with Crippen LogP contribution in [0.1, 0.15) is 98.1 Å². The fourth-order valence-electron chi connectivity index (χ4n) is 6.52. The van der Waals surface area contributed by atoms with Crippen LogP contribution < -0.4 is 20.7 Å². The van der Waals surface area contributed by atoms with E-state index in [2.05, 4.69) is 21.1 Å². The quantitative estimate of drug-likeness (QED) is 0.247. The van der Waals surface area contributed by atoms with Crippen LogP contribution in [-0.2, 0) is 35.4 Å². The zero-order valence-corrected chi connectivity index (χ0v) is 31.8. The van der Waals surface area contributed by atoms with Gasteiger partial charge in [0.15, 0.2) is 5.60 Å². The predicted octanol–water partition coefficient (Wildman–Crippen LogP) is 4.80. The molecule has 53 heavy (non-hydrogen) atoms. The van der Waals surface area contributed by atoms with E-state index in [-0.39, 0.29) is 37.6 Å². The number of likely N-dealkylation sites (tertiary alicyclic amines) is 1. The monoisotopic (exact) mass is 731 g/mol. The van der Waals surface area contributed by atoms with Crippen molar-refractivity contribution in [3.63, 3.8) is 0 Å². The standard InChI is InChI=1S/C40H53N5O8/c1-8-12-29(32(46)35(48)41-27-17-18-27)42-34(47)31-22-40(21-30(44-53-40)26-15-19-28(20-16-26)52-39(5,6)7)24-45(31)36(49)33(38(2,3)4)43-37(50)51-23-25-13-10-9-11-14-25/h9-11,13-16,19-20,27,29,31,33H,8,12,17-18,21-24H2,1-7H3,(H,41,48)(H,42,47)(H,43,50)/t29-,31-,33+,40+/m0/s1. The number of carbonyl (C=O) groups excluding carboxylic acids is 5. The third-order valence-corrected chi connectivity index (χ3v) is 9.37. The SMILES string of the molecule is CCC[C@H](NC(=O)[C@@H]1C[C@]2(CC(c3ccc(OC(C)(C)C)cc3)=NO2)CN1C(=O)[C@@H](NC(=O)OCc1ccccc1)C(C)(C)C)C(=O)C(=O)NC1CC1. The van der Waals surface area contributed by atoms with Crippen molar-refractivity contribution in [1.29, 1.82) is 0 Å². The van der Waals surface area contributed by atoms with E-state index in [4.69, 9.17) is 14.3 Å². The van der Waals surface area contributed by atoms with Crippen molar-refractivity contribution in [1.82, 2.24) is 20.9 Å². The number of carbonyl (C=O) groups is 5. The maximum absolute atomic E-state index is 14.6. The minimum absolute atomic E-state index is 0.00795. The molecule has 0 radical (unpaired) electrons. The normalized spacial score (nSPS) is 20.8. The molecule has 3 N–H and O–H groups in total.